The second kappa shape index (κ2) is 3.87. The summed E-state index contributed by atoms with van der Waals surface area (Å²) in [7, 11) is 0. The van der Waals surface area contributed by atoms with E-state index in [1.165, 1.54) is 0 Å². The largest absolute Gasteiger partial charge is 0.394 e. The normalized spacial score (nSPS) is 10.1. The van der Waals surface area contributed by atoms with Crippen LogP contribution in [-0.4, -0.2) is 4.98 Å². The zero-order valence-corrected chi connectivity index (χ0v) is 7.05. The summed E-state index contributed by atoms with van der Waals surface area (Å²) in [5.41, 5.74) is 3.44. The van der Waals surface area contributed by atoms with E-state index < -0.39 is 23.2 Å². The second-order valence-electron chi connectivity index (χ2n) is 2.61. The number of nitrogens with one attached hydrogen (secondary N) is 1. The Labute approximate surface area is 78.0 Å². The maximum Gasteiger partial charge on any atom is 0.280 e. The summed E-state index contributed by atoms with van der Waals surface area (Å²) in [6.07, 6.45) is -1.88. The molecule has 0 amide bonds. The van der Waals surface area contributed by atoms with Crippen molar-refractivity contribution in [2.45, 2.75) is 12.8 Å². The van der Waals surface area contributed by atoms with Crippen LogP contribution < -0.4 is 11.2 Å². The number of nitrogens with zero attached hydrogens (tertiary/aromatic N) is 1. The number of nitrogens with two attached hydrogens (primary N) is 1. The van der Waals surface area contributed by atoms with Crippen molar-refractivity contribution in [2.24, 2.45) is 0 Å². The predicted octanol–water partition coefficient (Wildman–Crippen LogP) is 0.961. The molecule has 0 bridgehead atoms. The van der Waals surface area contributed by atoms with Crippen LogP contribution >= 0.6 is 0 Å². The lowest BCUT2D eigenvalue weighted by Crippen LogP contribution is -2.17. The van der Waals surface area contributed by atoms with Crippen LogP contribution in [0.3, 0.4) is 0 Å². The van der Waals surface area contributed by atoms with Gasteiger partial charge in [0, 0.05) is 11.8 Å². The Morgan fingerprint density at radius 1 is 1.64 bits per heavy atom. The van der Waals surface area contributed by atoms with E-state index in [1.807, 2.05) is 0 Å². The van der Waals surface area contributed by atoms with Crippen molar-refractivity contribution in [3.8, 4) is 6.07 Å². The molecule has 74 valence electrons. The van der Waals surface area contributed by atoms with Gasteiger partial charge in [-0.1, -0.05) is 0 Å². The first-order valence-electron chi connectivity index (χ1n) is 3.73. The van der Waals surface area contributed by atoms with Crippen molar-refractivity contribution >= 4 is 5.69 Å². The van der Waals surface area contributed by atoms with E-state index in [4.69, 9.17) is 11.0 Å². The molecular weight excluding hydrogens is 192 g/mol. The number of hydrogen-bond donors (Lipinski definition) is 2. The molecule has 6 heteroatoms. The van der Waals surface area contributed by atoms with E-state index in [1.54, 1.807) is 6.07 Å². The van der Waals surface area contributed by atoms with Crippen LogP contribution in [0.2, 0.25) is 0 Å². The molecule has 0 atom stereocenters. The molecule has 0 aliphatic rings. The number of pyridine rings is 1. The lowest BCUT2D eigenvalue weighted by Gasteiger charge is -2.04. The van der Waals surface area contributed by atoms with E-state index in [-0.39, 0.29) is 12.0 Å². The van der Waals surface area contributed by atoms with Crippen molar-refractivity contribution in [3.05, 3.63) is 27.7 Å². The Balaban J connectivity index is 3.28. The van der Waals surface area contributed by atoms with Gasteiger partial charge >= 0.3 is 0 Å². The van der Waals surface area contributed by atoms with Crippen LogP contribution in [0.4, 0.5) is 14.5 Å². The summed E-state index contributed by atoms with van der Waals surface area (Å²) in [5, 5.41) is 8.32. The van der Waals surface area contributed by atoms with Gasteiger partial charge in [0.1, 0.15) is 11.4 Å². The summed E-state index contributed by atoms with van der Waals surface area (Å²) in [6.45, 7) is 0. The van der Waals surface area contributed by atoms with E-state index in [0.29, 0.717) is 0 Å². The van der Waals surface area contributed by atoms with E-state index in [9.17, 15) is 13.6 Å². The van der Waals surface area contributed by atoms with Gasteiger partial charge < -0.3 is 10.7 Å². The molecule has 4 nitrogen and oxygen atoms in total. The van der Waals surface area contributed by atoms with Crippen molar-refractivity contribution in [1.29, 1.82) is 5.26 Å². The Morgan fingerprint density at radius 2 is 2.29 bits per heavy atom. The van der Waals surface area contributed by atoms with Crippen LogP contribution in [0.1, 0.15) is 17.7 Å². The quantitative estimate of drug-likeness (QED) is 0.744. The Bertz CT molecular complexity index is 433. The summed E-state index contributed by atoms with van der Waals surface area (Å²) in [4.78, 5) is 13.5. The average Bonchev–Trinajstić information content (AvgIpc) is 2.13. The van der Waals surface area contributed by atoms with Gasteiger partial charge in [-0.3, -0.25) is 4.79 Å². The van der Waals surface area contributed by atoms with Crippen molar-refractivity contribution < 1.29 is 8.78 Å². The number of aromatic nitrogens is 1. The average molecular weight is 199 g/mol. The summed E-state index contributed by atoms with van der Waals surface area (Å²) in [5.74, 6) is 0. The lowest BCUT2D eigenvalue weighted by molar-refractivity contribution is 0.147. The highest BCUT2D eigenvalue weighted by Crippen LogP contribution is 2.19. The second-order valence-corrected chi connectivity index (χ2v) is 2.61. The van der Waals surface area contributed by atoms with Crippen LogP contribution in [-0.2, 0) is 6.42 Å². The Morgan fingerprint density at radius 3 is 2.79 bits per heavy atom. The third-order valence-electron chi connectivity index (χ3n) is 1.72. The molecule has 1 heterocycles. The molecule has 0 aliphatic carbocycles. The zero-order valence-electron chi connectivity index (χ0n) is 7.05. The molecule has 0 saturated heterocycles. The van der Waals surface area contributed by atoms with Gasteiger partial charge in [-0.05, 0) is 0 Å². The van der Waals surface area contributed by atoms with Gasteiger partial charge in [-0.25, -0.2) is 8.78 Å². The van der Waals surface area contributed by atoms with Crippen molar-refractivity contribution in [2.75, 3.05) is 5.73 Å². The van der Waals surface area contributed by atoms with Crippen LogP contribution in [0.25, 0.3) is 0 Å². The van der Waals surface area contributed by atoms with Gasteiger partial charge in [0.05, 0.1) is 12.5 Å². The highest BCUT2D eigenvalue weighted by Gasteiger charge is 2.15. The smallest absolute Gasteiger partial charge is 0.280 e. The fraction of sp³-hybridized carbons (Fsp3) is 0.250. The molecule has 0 radical (unpaired) electrons. The number of aromatic amines is 1. The van der Waals surface area contributed by atoms with Gasteiger partial charge in [0.15, 0.2) is 0 Å². The van der Waals surface area contributed by atoms with E-state index in [0.717, 1.165) is 6.20 Å². The minimum atomic E-state index is -2.82. The zero-order chi connectivity index (χ0) is 10.7. The molecule has 0 fully saturated rings. The molecule has 1 rings (SSSR count). The third-order valence-corrected chi connectivity index (χ3v) is 1.72. The molecule has 0 saturated carbocycles. The first-order chi connectivity index (χ1) is 6.57. The number of alkyl halides is 2. The molecule has 1 aromatic heterocycles. The minimum Gasteiger partial charge on any atom is -0.394 e. The van der Waals surface area contributed by atoms with Gasteiger partial charge in [-0.15, -0.1) is 0 Å². The summed E-state index contributed by atoms with van der Waals surface area (Å²) in [6, 6.07) is 1.74. The predicted molar refractivity (Wildman–Crippen MR) is 45.7 cm³/mol. The molecule has 0 unspecified atom stereocenters. The van der Waals surface area contributed by atoms with Crippen molar-refractivity contribution in [1.82, 2.24) is 4.98 Å². The van der Waals surface area contributed by atoms with Gasteiger partial charge in [0.2, 0.25) is 5.43 Å². The molecule has 0 aromatic carbocycles. The molecule has 1 aromatic rings. The van der Waals surface area contributed by atoms with Crippen LogP contribution in [0.15, 0.2) is 11.0 Å². The number of rotatable bonds is 2. The third kappa shape index (κ3) is 1.71. The minimum absolute atomic E-state index is 0.0920. The number of H-pyrrole nitrogens is 1. The van der Waals surface area contributed by atoms with Crippen LogP contribution in [0.5, 0.6) is 0 Å². The van der Waals surface area contributed by atoms with E-state index in [2.05, 4.69) is 4.98 Å². The highest BCUT2D eigenvalue weighted by molar-refractivity contribution is 5.45. The monoisotopic (exact) mass is 199 g/mol. The van der Waals surface area contributed by atoms with Gasteiger partial charge in [-0.2, -0.15) is 5.26 Å². The standard InChI is InChI=1S/C8H7F2N3O/c9-8(10)6-5(12)7(14)4(1-2-11)3-13-6/h3,8H,1,12H2,(H,13,14). The molecule has 14 heavy (non-hydrogen) atoms. The summed E-state index contributed by atoms with van der Waals surface area (Å²) >= 11 is 0. The van der Waals surface area contributed by atoms with Gasteiger partial charge in [0.25, 0.3) is 6.43 Å². The topological polar surface area (TPSA) is 82.7 Å². The molecular formula is C8H7F2N3O. The number of nitriles is 1. The number of hydrogen-bond acceptors (Lipinski definition) is 3. The first kappa shape index (κ1) is 10.2. The number of nitrogen functional groups attached to an aromatic ring is 1. The Hall–Kier alpha value is -1.90. The maximum atomic E-state index is 12.2. The number of anilines is 1. The lowest BCUT2D eigenvalue weighted by atomic mass is 10.1. The first-order valence-corrected chi connectivity index (χ1v) is 3.73. The summed E-state index contributed by atoms with van der Waals surface area (Å²) < 4.78 is 24.4. The van der Waals surface area contributed by atoms with Crippen molar-refractivity contribution in [3.63, 3.8) is 0 Å². The molecule has 0 aliphatic heterocycles. The highest BCUT2D eigenvalue weighted by atomic mass is 19.3. The molecule has 0 spiro atoms. The maximum absolute atomic E-state index is 12.2. The van der Waals surface area contributed by atoms with Crippen LogP contribution in [0, 0.1) is 11.3 Å². The molecule has 3 N–H and O–H groups in total. The SMILES string of the molecule is N#CCc1c[nH]c(C(F)F)c(N)c1=O. The number of halogens is 2. The fourth-order valence-corrected chi connectivity index (χ4v) is 1.00. The fourth-order valence-electron chi connectivity index (χ4n) is 1.00. The van der Waals surface area contributed by atoms with E-state index >= 15 is 0 Å². The Kier molecular flexibility index (Phi) is 2.82.